The molecule has 0 unspecified atom stereocenters. The van der Waals surface area contributed by atoms with Gasteiger partial charge in [-0.05, 0) is 19.8 Å². The second-order valence-electron chi connectivity index (χ2n) is 4.53. The number of hydrogen-bond donors (Lipinski definition) is 1. The van der Waals surface area contributed by atoms with Gasteiger partial charge < -0.3 is 5.73 Å². The molecule has 1 fully saturated rings. The van der Waals surface area contributed by atoms with Crippen LogP contribution >= 0.6 is 23.6 Å². The molecular weight excluding hydrogens is 236 g/mol. The fraction of sp³-hybridized carbons (Fsp3) is 0.667. The topological polar surface area (TPSA) is 38.9 Å². The number of hydrogen-bond acceptors (Lipinski definition) is 3. The minimum absolute atomic E-state index is 0.545. The van der Waals surface area contributed by atoms with Crippen molar-refractivity contribution >= 4 is 28.5 Å². The van der Waals surface area contributed by atoms with Crippen LogP contribution in [0, 0.1) is 6.92 Å². The minimum Gasteiger partial charge on any atom is -0.393 e. The van der Waals surface area contributed by atoms with Crippen LogP contribution < -0.4 is 5.73 Å². The zero-order valence-electron chi connectivity index (χ0n) is 9.66. The molecule has 0 saturated heterocycles. The lowest BCUT2D eigenvalue weighted by atomic mass is 9.86. The summed E-state index contributed by atoms with van der Waals surface area (Å²) in [7, 11) is 0. The van der Waals surface area contributed by atoms with Gasteiger partial charge in [-0.15, -0.1) is 11.3 Å². The van der Waals surface area contributed by atoms with Gasteiger partial charge in [0, 0.05) is 17.2 Å². The first-order valence-corrected chi connectivity index (χ1v) is 7.14. The van der Waals surface area contributed by atoms with Crippen molar-refractivity contribution in [3.05, 3.63) is 15.6 Å². The Balaban J connectivity index is 2.13. The number of nitrogens with zero attached hydrogens (tertiary/aromatic N) is 1. The molecule has 1 aliphatic carbocycles. The molecule has 2 nitrogen and oxygen atoms in total. The van der Waals surface area contributed by atoms with Gasteiger partial charge in [-0.25, -0.2) is 4.98 Å². The Kier molecular flexibility index (Phi) is 3.92. The highest BCUT2D eigenvalue weighted by Gasteiger charge is 2.20. The van der Waals surface area contributed by atoms with Crippen molar-refractivity contribution in [2.75, 3.05) is 0 Å². The van der Waals surface area contributed by atoms with Gasteiger partial charge in [0.25, 0.3) is 0 Å². The summed E-state index contributed by atoms with van der Waals surface area (Å²) in [6.07, 6.45) is 7.36. The quantitative estimate of drug-likeness (QED) is 0.841. The lowest BCUT2D eigenvalue weighted by Gasteiger charge is -2.20. The molecule has 0 atom stereocenters. The predicted octanol–water partition coefficient (Wildman–Crippen LogP) is 3.33. The first-order valence-electron chi connectivity index (χ1n) is 5.91. The number of thiocarbonyl (C=S) groups is 1. The van der Waals surface area contributed by atoms with Crippen molar-refractivity contribution in [1.82, 2.24) is 4.98 Å². The van der Waals surface area contributed by atoms with Crippen LogP contribution in [0.15, 0.2) is 0 Å². The maximum absolute atomic E-state index is 5.56. The molecule has 0 aromatic carbocycles. The van der Waals surface area contributed by atoms with E-state index < -0.39 is 0 Å². The Bertz CT molecular complexity index is 378. The molecule has 0 bridgehead atoms. The van der Waals surface area contributed by atoms with E-state index in [-0.39, 0.29) is 0 Å². The second kappa shape index (κ2) is 5.23. The van der Waals surface area contributed by atoms with E-state index >= 15 is 0 Å². The average molecular weight is 254 g/mol. The third-order valence-electron chi connectivity index (χ3n) is 3.19. The summed E-state index contributed by atoms with van der Waals surface area (Å²) in [5, 5.41) is 1.09. The van der Waals surface area contributed by atoms with Crippen LogP contribution in [0.2, 0.25) is 0 Å². The van der Waals surface area contributed by atoms with Crippen LogP contribution in [0.5, 0.6) is 0 Å². The summed E-state index contributed by atoms with van der Waals surface area (Å²) in [6.45, 7) is 2.17. The van der Waals surface area contributed by atoms with Gasteiger partial charge in [0.15, 0.2) is 0 Å². The SMILES string of the molecule is Cc1sc(CC(N)=S)nc1C1CCCCC1. The first-order chi connectivity index (χ1) is 7.66. The van der Waals surface area contributed by atoms with Crippen LogP contribution in [0.4, 0.5) is 0 Å². The Labute approximate surface area is 106 Å². The van der Waals surface area contributed by atoms with Crippen molar-refractivity contribution < 1.29 is 0 Å². The molecule has 1 aromatic rings. The number of rotatable bonds is 3. The van der Waals surface area contributed by atoms with Crippen molar-refractivity contribution in [2.24, 2.45) is 5.73 Å². The normalized spacial score (nSPS) is 17.6. The average Bonchev–Trinajstić information content (AvgIpc) is 2.60. The number of aryl methyl sites for hydroxylation is 1. The van der Waals surface area contributed by atoms with E-state index in [1.807, 2.05) is 0 Å². The lowest BCUT2D eigenvalue weighted by molar-refractivity contribution is 0.436. The summed E-state index contributed by atoms with van der Waals surface area (Å²) < 4.78 is 0. The van der Waals surface area contributed by atoms with Crippen molar-refractivity contribution in [3.63, 3.8) is 0 Å². The van der Waals surface area contributed by atoms with E-state index in [1.54, 1.807) is 11.3 Å². The summed E-state index contributed by atoms with van der Waals surface area (Å²) in [5.41, 5.74) is 6.88. The van der Waals surface area contributed by atoms with Gasteiger partial charge in [-0.2, -0.15) is 0 Å². The van der Waals surface area contributed by atoms with Crippen molar-refractivity contribution in [1.29, 1.82) is 0 Å². The molecule has 0 spiro atoms. The largest absolute Gasteiger partial charge is 0.393 e. The van der Waals surface area contributed by atoms with Crippen LogP contribution in [0.1, 0.15) is 53.6 Å². The van der Waals surface area contributed by atoms with E-state index in [4.69, 9.17) is 22.9 Å². The van der Waals surface area contributed by atoms with Crippen LogP contribution in [0.25, 0.3) is 0 Å². The fourth-order valence-electron chi connectivity index (χ4n) is 2.44. The number of thiazole rings is 1. The standard InChI is InChI=1S/C12H18N2S2/c1-8-12(9-5-3-2-4-6-9)14-11(16-8)7-10(13)15/h9H,2-7H2,1H3,(H2,13,15). The molecule has 2 rings (SSSR count). The molecule has 1 aliphatic rings. The van der Waals surface area contributed by atoms with Gasteiger partial charge in [-0.1, -0.05) is 31.5 Å². The molecular formula is C12H18N2S2. The monoisotopic (exact) mass is 254 g/mol. The van der Waals surface area contributed by atoms with Gasteiger partial charge in [-0.3, -0.25) is 0 Å². The van der Waals surface area contributed by atoms with E-state index in [1.165, 1.54) is 42.7 Å². The number of nitrogens with two attached hydrogens (primary N) is 1. The molecule has 16 heavy (non-hydrogen) atoms. The molecule has 0 aliphatic heterocycles. The highest BCUT2D eigenvalue weighted by atomic mass is 32.1. The molecule has 1 heterocycles. The highest BCUT2D eigenvalue weighted by Crippen LogP contribution is 2.35. The zero-order chi connectivity index (χ0) is 11.5. The number of aromatic nitrogens is 1. The highest BCUT2D eigenvalue weighted by molar-refractivity contribution is 7.80. The molecule has 4 heteroatoms. The van der Waals surface area contributed by atoms with Crippen LogP contribution in [-0.4, -0.2) is 9.97 Å². The van der Waals surface area contributed by atoms with E-state index in [0.717, 1.165) is 5.01 Å². The molecule has 88 valence electrons. The Morgan fingerprint density at radius 1 is 1.44 bits per heavy atom. The maximum Gasteiger partial charge on any atom is 0.0998 e. The third kappa shape index (κ3) is 2.80. The van der Waals surface area contributed by atoms with E-state index in [9.17, 15) is 0 Å². The Morgan fingerprint density at radius 3 is 2.75 bits per heavy atom. The summed E-state index contributed by atoms with van der Waals surface area (Å²) >= 11 is 6.69. The van der Waals surface area contributed by atoms with E-state index in [0.29, 0.717) is 17.3 Å². The maximum atomic E-state index is 5.56. The van der Waals surface area contributed by atoms with Gasteiger partial charge in [0.2, 0.25) is 0 Å². The molecule has 0 radical (unpaired) electrons. The molecule has 1 aromatic heterocycles. The summed E-state index contributed by atoms with van der Waals surface area (Å²) in [5.74, 6) is 0.685. The second-order valence-corrected chi connectivity index (χ2v) is 6.34. The van der Waals surface area contributed by atoms with Gasteiger partial charge in [0.05, 0.1) is 15.7 Å². The molecule has 1 saturated carbocycles. The van der Waals surface area contributed by atoms with Gasteiger partial charge in [0.1, 0.15) is 0 Å². The predicted molar refractivity (Wildman–Crippen MR) is 73.2 cm³/mol. The van der Waals surface area contributed by atoms with Crippen LogP contribution in [0.3, 0.4) is 0 Å². The zero-order valence-corrected chi connectivity index (χ0v) is 11.3. The van der Waals surface area contributed by atoms with Crippen molar-refractivity contribution in [3.8, 4) is 0 Å². The summed E-state index contributed by atoms with van der Waals surface area (Å²) in [4.78, 5) is 6.63. The minimum atomic E-state index is 0.545. The van der Waals surface area contributed by atoms with Gasteiger partial charge >= 0.3 is 0 Å². The van der Waals surface area contributed by atoms with Crippen LogP contribution in [-0.2, 0) is 6.42 Å². The smallest absolute Gasteiger partial charge is 0.0998 e. The Hall–Kier alpha value is -0.480. The van der Waals surface area contributed by atoms with E-state index in [2.05, 4.69) is 6.92 Å². The Morgan fingerprint density at radius 2 is 2.12 bits per heavy atom. The first kappa shape index (κ1) is 12.0. The fourth-order valence-corrected chi connectivity index (χ4v) is 3.71. The molecule has 0 amide bonds. The summed E-state index contributed by atoms with van der Waals surface area (Å²) in [6, 6.07) is 0. The molecule has 2 N–H and O–H groups in total. The lowest BCUT2D eigenvalue weighted by Crippen LogP contribution is -2.11. The third-order valence-corrected chi connectivity index (χ3v) is 4.33. The van der Waals surface area contributed by atoms with Crippen molar-refractivity contribution in [2.45, 2.75) is 51.4 Å².